The van der Waals surface area contributed by atoms with Crippen LogP contribution >= 0.6 is 0 Å². The fraction of sp³-hybridized carbons (Fsp3) is 0.850. The largest absolute Gasteiger partial charge is 0.472 e. The molecule has 0 aromatic rings. The van der Waals surface area contributed by atoms with E-state index in [-0.39, 0.29) is 36.0 Å². The van der Waals surface area contributed by atoms with Crippen molar-refractivity contribution in [1.82, 2.24) is 9.80 Å². The molecule has 1 saturated heterocycles. The van der Waals surface area contributed by atoms with Crippen LogP contribution in [0.4, 0.5) is 18.0 Å². The van der Waals surface area contributed by atoms with Gasteiger partial charge in [-0.3, -0.25) is 14.5 Å². The smallest absolute Gasteiger partial charge is 0.469 e. The summed E-state index contributed by atoms with van der Waals surface area (Å²) in [5.74, 6) is -2.68. The van der Waals surface area contributed by atoms with E-state index < -0.39 is 29.9 Å². The second kappa shape index (κ2) is 10.2. The van der Waals surface area contributed by atoms with Crippen LogP contribution in [0.1, 0.15) is 59.3 Å². The van der Waals surface area contributed by atoms with E-state index >= 15 is 0 Å². The Morgan fingerprint density at radius 2 is 1.65 bits per heavy atom. The fourth-order valence-corrected chi connectivity index (χ4v) is 3.87. The van der Waals surface area contributed by atoms with Crippen LogP contribution in [0.15, 0.2) is 0 Å². The number of imide groups is 1. The molecule has 0 aromatic carbocycles. The molecule has 31 heavy (non-hydrogen) atoms. The van der Waals surface area contributed by atoms with Crippen molar-refractivity contribution in [1.29, 1.82) is 0 Å². The first kappa shape index (κ1) is 25.4. The van der Waals surface area contributed by atoms with Gasteiger partial charge in [-0.15, -0.1) is 0 Å². The highest BCUT2D eigenvalue weighted by Gasteiger charge is 2.50. The fourth-order valence-electron chi connectivity index (χ4n) is 3.87. The minimum absolute atomic E-state index is 0.0251. The number of methoxy groups -OCH3 is 1. The van der Waals surface area contributed by atoms with Crippen molar-refractivity contribution in [3.63, 3.8) is 0 Å². The molecule has 0 aromatic heterocycles. The maximum Gasteiger partial charge on any atom is 0.472 e. The van der Waals surface area contributed by atoms with Gasteiger partial charge in [-0.1, -0.05) is 0 Å². The Kier molecular flexibility index (Phi) is 8.32. The number of halogens is 3. The summed E-state index contributed by atoms with van der Waals surface area (Å²) >= 11 is 0. The van der Waals surface area contributed by atoms with Gasteiger partial charge in [-0.2, -0.15) is 13.2 Å². The summed E-state index contributed by atoms with van der Waals surface area (Å²) in [5, 5.41) is 0. The molecule has 0 radical (unpaired) electrons. The predicted molar refractivity (Wildman–Crippen MR) is 103 cm³/mol. The third kappa shape index (κ3) is 7.06. The van der Waals surface area contributed by atoms with Crippen molar-refractivity contribution < 1.29 is 41.8 Å². The first-order chi connectivity index (χ1) is 14.3. The van der Waals surface area contributed by atoms with Gasteiger partial charge >= 0.3 is 24.1 Å². The zero-order valence-corrected chi connectivity index (χ0v) is 18.4. The Hall–Kier alpha value is -1.88. The van der Waals surface area contributed by atoms with Crippen molar-refractivity contribution in [3.8, 4) is 0 Å². The van der Waals surface area contributed by atoms with Crippen LogP contribution in [0.25, 0.3) is 0 Å². The average Bonchev–Trinajstić information content (AvgIpc) is 3.12. The number of carbonyl (C=O) groups is 3. The van der Waals surface area contributed by atoms with Crippen molar-refractivity contribution in [2.24, 2.45) is 5.92 Å². The maximum absolute atomic E-state index is 13.2. The number of hydrogen-bond acceptors (Lipinski definition) is 7. The van der Waals surface area contributed by atoms with E-state index in [1.54, 1.807) is 4.90 Å². The van der Waals surface area contributed by atoms with E-state index in [0.717, 1.165) is 0 Å². The normalized spacial score (nSPS) is 25.2. The third-order valence-corrected chi connectivity index (χ3v) is 5.36. The average molecular weight is 452 g/mol. The molecule has 1 atom stereocenters. The molecule has 0 spiro atoms. The zero-order chi connectivity index (χ0) is 23.4. The summed E-state index contributed by atoms with van der Waals surface area (Å²) in [4.78, 5) is 37.9. The van der Waals surface area contributed by atoms with E-state index in [1.165, 1.54) is 27.9 Å². The molecule has 0 N–H and O–H groups in total. The van der Waals surface area contributed by atoms with E-state index in [2.05, 4.69) is 0 Å². The molecule has 11 heteroatoms. The SMILES string of the molecule is COC(=O)C1CCC(OCN2CCCC2N(C(=O)OC(C)(C)C)C(=O)C(F)(F)F)CC1. The van der Waals surface area contributed by atoms with Crippen LogP contribution in [-0.2, 0) is 23.8 Å². The first-order valence-electron chi connectivity index (χ1n) is 10.4. The molecule has 1 aliphatic heterocycles. The summed E-state index contributed by atoms with van der Waals surface area (Å²) in [7, 11) is 1.34. The summed E-state index contributed by atoms with van der Waals surface area (Å²) < 4.78 is 55.3. The van der Waals surface area contributed by atoms with Gasteiger partial charge in [-0.05, 0) is 59.3 Å². The molecule has 1 heterocycles. The number of carbonyl (C=O) groups excluding carboxylic acids is 3. The standard InChI is InChI=1S/C20H31F3N2O6/c1-19(2,3)31-18(28)25(17(27)20(21,22)23)15-6-5-11-24(15)12-30-14-9-7-13(8-10-14)16(26)29-4/h13-15H,5-12H2,1-4H3. The van der Waals surface area contributed by atoms with Crippen LogP contribution < -0.4 is 0 Å². The van der Waals surface area contributed by atoms with E-state index in [4.69, 9.17) is 14.2 Å². The monoisotopic (exact) mass is 452 g/mol. The lowest BCUT2D eigenvalue weighted by Crippen LogP contribution is -2.56. The van der Waals surface area contributed by atoms with Gasteiger partial charge in [0.25, 0.3) is 0 Å². The quantitative estimate of drug-likeness (QED) is 0.591. The highest BCUT2D eigenvalue weighted by atomic mass is 19.4. The predicted octanol–water partition coefficient (Wildman–Crippen LogP) is 3.44. The van der Waals surface area contributed by atoms with E-state index in [1.807, 2.05) is 0 Å². The van der Waals surface area contributed by atoms with Crippen molar-refractivity contribution >= 4 is 18.0 Å². The summed E-state index contributed by atoms with van der Waals surface area (Å²) in [6, 6.07) is 0. The molecule has 1 saturated carbocycles. The Bertz CT molecular complexity index is 656. The number of rotatable bonds is 5. The molecule has 2 fully saturated rings. The van der Waals surface area contributed by atoms with Crippen LogP contribution in [-0.4, -0.2) is 72.2 Å². The lowest BCUT2D eigenvalue weighted by Gasteiger charge is -2.36. The van der Waals surface area contributed by atoms with Gasteiger partial charge in [0.15, 0.2) is 0 Å². The summed E-state index contributed by atoms with van der Waals surface area (Å²) in [5.41, 5.74) is -1.06. The Balaban J connectivity index is 2.03. The number of alkyl halides is 3. The Labute approximate surface area is 180 Å². The molecule has 8 nitrogen and oxygen atoms in total. The number of nitrogens with zero attached hydrogens (tertiary/aromatic N) is 2. The number of amides is 2. The molecule has 0 bridgehead atoms. The molecule has 1 unspecified atom stereocenters. The second-order valence-electron chi connectivity index (χ2n) is 8.88. The van der Waals surface area contributed by atoms with Crippen LogP contribution in [0, 0.1) is 5.92 Å². The maximum atomic E-state index is 13.2. The van der Waals surface area contributed by atoms with E-state index in [0.29, 0.717) is 38.6 Å². The number of esters is 1. The summed E-state index contributed by atoms with van der Waals surface area (Å²) in [6.07, 6.45) is -4.64. The number of ether oxygens (including phenoxy) is 3. The molecule has 2 amide bonds. The lowest BCUT2D eigenvalue weighted by molar-refractivity contribution is -0.190. The van der Waals surface area contributed by atoms with Gasteiger partial charge in [0, 0.05) is 6.54 Å². The third-order valence-electron chi connectivity index (χ3n) is 5.36. The number of likely N-dealkylation sites (tertiary alicyclic amines) is 1. The van der Waals surface area contributed by atoms with Crippen molar-refractivity contribution in [2.75, 3.05) is 20.4 Å². The zero-order valence-electron chi connectivity index (χ0n) is 18.4. The summed E-state index contributed by atoms with van der Waals surface area (Å²) in [6.45, 7) is 4.90. The minimum Gasteiger partial charge on any atom is -0.469 e. The van der Waals surface area contributed by atoms with Gasteiger partial charge in [-0.25, -0.2) is 9.69 Å². The van der Waals surface area contributed by atoms with Crippen molar-refractivity contribution in [3.05, 3.63) is 0 Å². The molecule has 2 rings (SSSR count). The molecule has 1 aliphatic carbocycles. The molecular formula is C20H31F3N2O6. The lowest BCUT2D eigenvalue weighted by atomic mass is 9.87. The van der Waals surface area contributed by atoms with Crippen molar-refractivity contribution in [2.45, 2.75) is 83.3 Å². The highest BCUT2D eigenvalue weighted by molar-refractivity contribution is 5.95. The first-order valence-corrected chi connectivity index (χ1v) is 10.4. The topological polar surface area (TPSA) is 85.4 Å². The van der Waals surface area contributed by atoms with Gasteiger partial charge in [0.2, 0.25) is 0 Å². The van der Waals surface area contributed by atoms with Crippen LogP contribution in [0.5, 0.6) is 0 Å². The van der Waals surface area contributed by atoms with Gasteiger partial charge in [0.1, 0.15) is 12.3 Å². The molecule has 2 aliphatic rings. The van der Waals surface area contributed by atoms with Crippen LogP contribution in [0.3, 0.4) is 0 Å². The van der Waals surface area contributed by atoms with E-state index in [9.17, 15) is 27.6 Å². The van der Waals surface area contributed by atoms with Gasteiger partial charge in [0.05, 0.1) is 25.3 Å². The molecular weight excluding hydrogens is 421 g/mol. The molecule has 178 valence electrons. The second-order valence-corrected chi connectivity index (χ2v) is 8.88. The minimum atomic E-state index is -5.21. The highest BCUT2D eigenvalue weighted by Crippen LogP contribution is 2.30. The number of hydrogen-bond donors (Lipinski definition) is 0. The Morgan fingerprint density at radius 1 is 1.03 bits per heavy atom. The van der Waals surface area contributed by atoms with Crippen LogP contribution in [0.2, 0.25) is 0 Å². The Morgan fingerprint density at radius 3 is 2.16 bits per heavy atom. The van der Waals surface area contributed by atoms with Gasteiger partial charge < -0.3 is 14.2 Å².